The molecule has 1 fully saturated rings. The van der Waals surface area contributed by atoms with Crippen LogP contribution in [-0.4, -0.2) is 62.2 Å². The zero-order valence-corrected chi connectivity index (χ0v) is 23.4. The van der Waals surface area contributed by atoms with Crippen molar-refractivity contribution in [3.63, 3.8) is 0 Å². The number of nitrogens with one attached hydrogen (secondary N) is 1. The normalized spacial score (nSPS) is 15.3. The van der Waals surface area contributed by atoms with E-state index < -0.39 is 28.7 Å². The minimum atomic E-state index is -3.98. The highest BCUT2D eigenvalue weighted by atomic mass is 32.2. The Morgan fingerprint density at radius 2 is 1.65 bits per heavy atom. The molecule has 8 nitrogen and oxygen atoms in total. The van der Waals surface area contributed by atoms with Gasteiger partial charge in [-0.15, -0.1) is 0 Å². The molecule has 1 N–H and O–H groups in total. The largest absolute Gasteiger partial charge is 0.352 e. The van der Waals surface area contributed by atoms with Crippen LogP contribution in [0, 0.1) is 13.8 Å². The van der Waals surface area contributed by atoms with Crippen LogP contribution in [0.3, 0.4) is 0 Å². The van der Waals surface area contributed by atoms with Gasteiger partial charge in [0.05, 0.1) is 5.69 Å². The average Bonchev–Trinajstić information content (AvgIpc) is 2.87. The van der Waals surface area contributed by atoms with Crippen LogP contribution in [0.15, 0.2) is 48.5 Å². The second-order valence-electron chi connectivity index (χ2n) is 10.1. The summed E-state index contributed by atoms with van der Waals surface area (Å²) < 4.78 is 29.0. The van der Waals surface area contributed by atoms with Crippen LogP contribution in [0.4, 0.5) is 5.69 Å². The van der Waals surface area contributed by atoms with E-state index >= 15 is 0 Å². The molecule has 2 aromatic carbocycles. The molecule has 37 heavy (non-hydrogen) atoms. The number of nitrogens with zero attached hydrogens (tertiary/aromatic N) is 3. The number of anilines is 1. The predicted molar refractivity (Wildman–Crippen MR) is 147 cm³/mol. The molecule has 1 aliphatic carbocycles. The number of amides is 2. The van der Waals surface area contributed by atoms with Gasteiger partial charge in [-0.2, -0.15) is 12.7 Å². The summed E-state index contributed by atoms with van der Waals surface area (Å²) in [5.41, 5.74) is 2.93. The first-order chi connectivity index (χ1) is 17.5. The summed E-state index contributed by atoms with van der Waals surface area (Å²) in [6.07, 6.45) is 5.21. The molecule has 0 spiro atoms. The lowest BCUT2D eigenvalue weighted by molar-refractivity contribution is -0.139. The van der Waals surface area contributed by atoms with Crippen LogP contribution in [0.1, 0.15) is 55.7 Å². The first-order valence-electron chi connectivity index (χ1n) is 12.9. The predicted octanol–water partition coefficient (Wildman–Crippen LogP) is 3.78. The topological polar surface area (TPSA) is 90.0 Å². The van der Waals surface area contributed by atoms with E-state index in [1.54, 1.807) is 13.0 Å². The molecule has 0 heterocycles. The number of hydrogen-bond donors (Lipinski definition) is 1. The molecular weight excluding hydrogens is 488 g/mol. The van der Waals surface area contributed by atoms with E-state index in [2.05, 4.69) is 5.32 Å². The van der Waals surface area contributed by atoms with Crippen LogP contribution >= 0.6 is 0 Å². The van der Waals surface area contributed by atoms with Gasteiger partial charge in [-0.25, -0.2) is 4.31 Å². The van der Waals surface area contributed by atoms with Gasteiger partial charge in [0.25, 0.3) is 0 Å². The monoisotopic (exact) mass is 528 g/mol. The Bertz CT molecular complexity index is 1180. The summed E-state index contributed by atoms with van der Waals surface area (Å²) in [7, 11) is -1.09. The lowest BCUT2D eigenvalue weighted by Gasteiger charge is -2.34. The van der Waals surface area contributed by atoms with Crippen LogP contribution in [0.25, 0.3) is 0 Å². The Balaban J connectivity index is 1.93. The molecule has 1 aliphatic rings. The highest BCUT2D eigenvalue weighted by Gasteiger charge is 2.33. The van der Waals surface area contributed by atoms with Crippen molar-refractivity contribution in [2.75, 3.05) is 24.9 Å². The Labute approximate surface area is 221 Å². The fourth-order valence-electron chi connectivity index (χ4n) is 4.62. The summed E-state index contributed by atoms with van der Waals surface area (Å²) in [5, 5.41) is 3.12. The van der Waals surface area contributed by atoms with E-state index in [9.17, 15) is 18.0 Å². The van der Waals surface area contributed by atoms with Gasteiger partial charge in [-0.05, 0) is 56.4 Å². The molecule has 9 heteroatoms. The highest BCUT2D eigenvalue weighted by Crippen LogP contribution is 2.26. The fraction of sp³-hybridized carbons (Fsp3) is 0.500. The first-order valence-corrected chi connectivity index (χ1v) is 14.3. The summed E-state index contributed by atoms with van der Waals surface area (Å²) in [4.78, 5) is 28.6. The van der Waals surface area contributed by atoms with Gasteiger partial charge >= 0.3 is 10.2 Å². The van der Waals surface area contributed by atoms with Crippen molar-refractivity contribution in [1.82, 2.24) is 14.5 Å². The quantitative estimate of drug-likeness (QED) is 0.508. The standard InChI is InChI=1S/C28H40N4O4S/c1-21-16-17-22(2)26(18-21)32(37(35,36)30(4)5)20-27(33)31(19-24-12-8-6-9-13-24)23(3)28(34)29-25-14-10-7-11-15-25/h6,8-9,12-13,16-18,23,25H,7,10-11,14-15,19-20H2,1-5H3,(H,29,34). The fourth-order valence-corrected chi connectivity index (χ4v) is 5.73. The molecule has 3 rings (SSSR count). The van der Waals surface area contributed by atoms with Gasteiger partial charge in [0.15, 0.2) is 0 Å². The molecule has 0 aromatic heterocycles. The van der Waals surface area contributed by atoms with Crippen LogP contribution < -0.4 is 9.62 Å². The van der Waals surface area contributed by atoms with E-state index in [4.69, 9.17) is 0 Å². The molecule has 0 saturated heterocycles. The number of hydrogen-bond acceptors (Lipinski definition) is 4. The number of carbonyl (C=O) groups excluding carboxylic acids is 2. The molecule has 1 unspecified atom stereocenters. The number of aryl methyl sites for hydroxylation is 2. The molecule has 202 valence electrons. The molecule has 1 saturated carbocycles. The highest BCUT2D eigenvalue weighted by molar-refractivity contribution is 7.90. The lowest BCUT2D eigenvalue weighted by Crippen LogP contribution is -2.53. The SMILES string of the molecule is Cc1ccc(C)c(N(CC(=O)N(Cc2ccccc2)C(C)C(=O)NC2CCCCC2)S(=O)(=O)N(C)C)c1. The summed E-state index contributed by atoms with van der Waals surface area (Å²) in [6.45, 7) is 5.19. The Kier molecular flexibility index (Phi) is 9.73. The van der Waals surface area contributed by atoms with E-state index in [0.29, 0.717) is 5.69 Å². The minimum absolute atomic E-state index is 0.109. The smallest absolute Gasteiger partial charge is 0.304 e. The van der Waals surface area contributed by atoms with Crippen LogP contribution in [0.5, 0.6) is 0 Å². The third-order valence-electron chi connectivity index (χ3n) is 6.97. The molecule has 0 radical (unpaired) electrons. The Morgan fingerprint density at radius 1 is 1.00 bits per heavy atom. The number of benzene rings is 2. The molecule has 2 aromatic rings. The molecular formula is C28H40N4O4S. The van der Waals surface area contributed by atoms with Gasteiger partial charge in [-0.1, -0.05) is 61.7 Å². The maximum absolute atomic E-state index is 13.9. The van der Waals surface area contributed by atoms with Crippen molar-refractivity contribution >= 4 is 27.7 Å². The van der Waals surface area contributed by atoms with E-state index in [-0.39, 0.29) is 18.5 Å². The van der Waals surface area contributed by atoms with Crippen LogP contribution in [-0.2, 0) is 26.3 Å². The summed E-state index contributed by atoms with van der Waals surface area (Å²) >= 11 is 0. The van der Waals surface area contributed by atoms with Gasteiger partial charge in [0, 0.05) is 26.7 Å². The van der Waals surface area contributed by atoms with Crippen molar-refractivity contribution in [2.45, 2.75) is 71.5 Å². The number of carbonyl (C=O) groups is 2. The van der Waals surface area contributed by atoms with Gasteiger partial charge in [0.2, 0.25) is 11.8 Å². The number of rotatable bonds is 10. The summed E-state index contributed by atoms with van der Waals surface area (Å²) in [6, 6.07) is 14.3. The summed E-state index contributed by atoms with van der Waals surface area (Å²) in [5.74, 6) is -0.661. The zero-order chi connectivity index (χ0) is 27.2. The minimum Gasteiger partial charge on any atom is -0.352 e. The Morgan fingerprint density at radius 3 is 2.27 bits per heavy atom. The molecule has 0 bridgehead atoms. The molecule has 0 aliphatic heterocycles. The molecule has 1 atom stereocenters. The maximum Gasteiger partial charge on any atom is 0.304 e. The van der Waals surface area contributed by atoms with Gasteiger partial charge < -0.3 is 10.2 Å². The Hall–Kier alpha value is -2.91. The van der Waals surface area contributed by atoms with Crippen LogP contribution in [0.2, 0.25) is 0 Å². The van der Waals surface area contributed by atoms with E-state index in [0.717, 1.165) is 51.0 Å². The van der Waals surface area contributed by atoms with Crippen molar-refractivity contribution < 1.29 is 18.0 Å². The first kappa shape index (κ1) is 28.7. The van der Waals surface area contributed by atoms with Crippen molar-refractivity contribution in [3.05, 3.63) is 65.2 Å². The second-order valence-corrected chi connectivity index (χ2v) is 12.2. The maximum atomic E-state index is 13.9. The third kappa shape index (κ3) is 7.32. The van der Waals surface area contributed by atoms with Gasteiger partial charge in [0.1, 0.15) is 12.6 Å². The van der Waals surface area contributed by atoms with E-state index in [1.165, 1.54) is 25.4 Å². The zero-order valence-electron chi connectivity index (χ0n) is 22.6. The molecule has 2 amide bonds. The lowest BCUT2D eigenvalue weighted by atomic mass is 9.95. The third-order valence-corrected chi connectivity index (χ3v) is 8.77. The van der Waals surface area contributed by atoms with Crippen molar-refractivity contribution in [3.8, 4) is 0 Å². The van der Waals surface area contributed by atoms with Gasteiger partial charge in [-0.3, -0.25) is 9.59 Å². The average molecular weight is 529 g/mol. The van der Waals surface area contributed by atoms with E-state index in [1.807, 2.05) is 56.3 Å². The van der Waals surface area contributed by atoms with Crippen molar-refractivity contribution in [2.24, 2.45) is 0 Å². The second kappa shape index (κ2) is 12.6. The van der Waals surface area contributed by atoms with Crippen molar-refractivity contribution in [1.29, 1.82) is 0 Å².